The lowest BCUT2D eigenvalue weighted by Gasteiger charge is -2.34. The second-order valence-corrected chi connectivity index (χ2v) is 5.63. The van der Waals surface area contributed by atoms with E-state index >= 15 is 0 Å². The van der Waals surface area contributed by atoms with Crippen molar-refractivity contribution < 1.29 is 0 Å². The topological polar surface area (TPSA) is 60.0 Å². The molecule has 0 radical (unpaired) electrons. The molecular formula is C13H16BrN5. The Kier molecular flexibility index (Phi) is 3.63. The second-order valence-electron chi connectivity index (χ2n) is 4.72. The highest BCUT2D eigenvalue weighted by Crippen LogP contribution is 2.25. The van der Waals surface area contributed by atoms with Gasteiger partial charge < -0.3 is 10.3 Å². The highest BCUT2D eigenvalue weighted by molar-refractivity contribution is 9.10. The number of rotatable bonds is 3. The first-order chi connectivity index (χ1) is 9.28. The maximum absolute atomic E-state index is 5.98. The van der Waals surface area contributed by atoms with Crippen molar-refractivity contribution in [1.29, 1.82) is 0 Å². The maximum atomic E-state index is 5.98. The van der Waals surface area contributed by atoms with Crippen LogP contribution in [0.3, 0.4) is 0 Å². The van der Waals surface area contributed by atoms with Crippen LogP contribution in [-0.4, -0.2) is 32.8 Å². The minimum atomic E-state index is 0.225. The van der Waals surface area contributed by atoms with Crippen LogP contribution in [0, 0.1) is 0 Å². The smallest absolute Gasteiger partial charge is 0.147 e. The van der Waals surface area contributed by atoms with Crippen LogP contribution in [0.4, 0.5) is 0 Å². The molecule has 0 saturated carbocycles. The molecule has 1 unspecified atom stereocenters. The zero-order valence-electron chi connectivity index (χ0n) is 10.5. The number of aromatic nitrogens is 3. The third-order valence-electron chi connectivity index (χ3n) is 3.57. The zero-order valence-corrected chi connectivity index (χ0v) is 12.1. The van der Waals surface area contributed by atoms with Crippen LogP contribution < -0.4 is 5.73 Å². The number of hydrogen-bond donors (Lipinski definition) is 1. The molecule has 1 aliphatic heterocycles. The lowest BCUT2D eigenvalue weighted by Crippen LogP contribution is -2.39. The summed E-state index contributed by atoms with van der Waals surface area (Å²) in [6.07, 6.45) is 1.79. The molecule has 2 aromatic rings. The molecule has 0 saturated heterocycles. The van der Waals surface area contributed by atoms with E-state index in [4.69, 9.17) is 5.73 Å². The summed E-state index contributed by atoms with van der Waals surface area (Å²) in [6.45, 7) is 3.30. The summed E-state index contributed by atoms with van der Waals surface area (Å²) < 4.78 is 3.19. The first kappa shape index (κ1) is 12.8. The molecule has 1 aromatic heterocycles. The van der Waals surface area contributed by atoms with E-state index in [2.05, 4.69) is 53.8 Å². The Morgan fingerprint density at radius 2 is 2.26 bits per heavy atom. The summed E-state index contributed by atoms with van der Waals surface area (Å²) in [6, 6.07) is 8.57. The van der Waals surface area contributed by atoms with E-state index in [0.29, 0.717) is 6.54 Å². The minimum Gasteiger partial charge on any atom is -0.329 e. The summed E-state index contributed by atoms with van der Waals surface area (Å²) in [4.78, 5) is 2.37. The van der Waals surface area contributed by atoms with Gasteiger partial charge in [0.05, 0.1) is 6.54 Å². The Hall–Kier alpha value is -1.24. The third-order valence-corrected chi connectivity index (χ3v) is 4.06. The van der Waals surface area contributed by atoms with Crippen LogP contribution in [0.15, 0.2) is 35.1 Å². The fourth-order valence-electron chi connectivity index (χ4n) is 2.56. The number of nitrogens with two attached hydrogens (primary N) is 1. The SMILES string of the molecule is NCC(c1cccc(Br)c1)N1CCn2cnnc2C1. The van der Waals surface area contributed by atoms with Crippen molar-refractivity contribution in [3.05, 3.63) is 46.5 Å². The van der Waals surface area contributed by atoms with Crippen LogP contribution in [0.25, 0.3) is 0 Å². The fraction of sp³-hybridized carbons (Fsp3) is 0.385. The third kappa shape index (κ3) is 2.56. The Morgan fingerprint density at radius 3 is 3.05 bits per heavy atom. The van der Waals surface area contributed by atoms with E-state index in [0.717, 1.165) is 29.9 Å². The van der Waals surface area contributed by atoms with Gasteiger partial charge >= 0.3 is 0 Å². The Balaban J connectivity index is 1.84. The number of benzene rings is 1. The van der Waals surface area contributed by atoms with Gasteiger partial charge in [-0.1, -0.05) is 28.1 Å². The average Bonchev–Trinajstić information content (AvgIpc) is 2.87. The molecule has 100 valence electrons. The minimum absolute atomic E-state index is 0.225. The van der Waals surface area contributed by atoms with Crippen molar-refractivity contribution in [1.82, 2.24) is 19.7 Å². The Morgan fingerprint density at radius 1 is 1.37 bits per heavy atom. The van der Waals surface area contributed by atoms with Gasteiger partial charge in [-0.05, 0) is 17.7 Å². The number of nitrogens with zero attached hydrogens (tertiary/aromatic N) is 4. The summed E-state index contributed by atoms with van der Waals surface area (Å²) in [5, 5.41) is 8.11. The maximum Gasteiger partial charge on any atom is 0.147 e. The summed E-state index contributed by atoms with van der Waals surface area (Å²) in [7, 11) is 0. The standard InChI is InChI=1S/C13H16BrN5/c14-11-3-1-2-10(6-11)12(7-15)18-4-5-19-9-16-17-13(19)8-18/h1-3,6,9,12H,4-5,7-8,15H2. The van der Waals surface area contributed by atoms with Crippen molar-refractivity contribution in [3.8, 4) is 0 Å². The molecular weight excluding hydrogens is 306 g/mol. The molecule has 2 N–H and O–H groups in total. The van der Waals surface area contributed by atoms with Crippen LogP contribution in [0.1, 0.15) is 17.4 Å². The van der Waals surface area contributed by atoms with Gasteiger partial charge in [0.15, 0.2) is 0 Å². The molecule has 19 heavy (non-hydrogen) atoms. The second kappa shape index (κ2) is 5.40. The van der Waals surface area contributed by atoms with E-state index in [1.807, 2.05) is 6.07 Å². The van der Waals surface area contributed by atoms with E-state index < -0.39 is 0 Å². The normalized spacial score (nSPS) is 17.2. The molecule has 0 spiro atoms. The van der Waals surface area contributed by atoms with Gasteiger partial charge in [0.25, 0.3) is 0 Å². The van der Waals surface area contributed by atoms with Gasteiger partial charge in [-0.25, -0.2) is 0 Å². The summed E-state index contributed by atoms with van der Waals surface area (Å²) in [5.41, 5.74) is 7.22. The highest BCUT2D eigenvalue weighted by Gasteiger charge is 2.24. The number of fused-ring (bicyclic) bond motifs is 1. The van der Waals surface area contributed by atoms with E-state index in [1.54, 1.807) is 6.33 Å². The Bertz CT molecular complexity index is 568. The predicted molar refractivity (Wildman–Crippen MR) is 76.4 cm³/mol. The average molecular weight is 322 g/mol. The van der Waals surface area contributed by atoms with Gasteiger partial charge in [0.2, 0.25) is 0 Å². The van der Waals surface area contributed by atoms with E-state index in [1.165, 1.54) is 5.56 Å². The van der Waals surface area contributed by atoms with Gasteiger partial charge in [-0.15, -0.1) is 10.2 Å². The fourth-order valence-corrected chi connectivity index (χ4v) is 2.98. The van der Waals surface area contributed by atoms with E-state index in [9.17, 15) is 0 Å². The predicted octanol–water partition coefficient (Wildman–Crippen LogP) is 1.56. The lowest BCUT2D eigenvalue weighted by molar-refractivity contribution is 0.156. The summed E-state index contributed by atoms with van der Waals surface area (Å²) >= 11 is 3.52. The molecule has 1 aromatic carbocycles. The quantitative estimate of drug-likeness (QED) is 0.932. The monoisotopic (exact) mass is 321 g/mol. The van der Waals surface area contributed by atoms with Crippen molar-refractivity contribution in [2.24, 2.45) is 5.73 Å². The van der Waals surface area contributed by atoms with E-state index in [-0.39, 0.29) is 6.04 Å². The Labute approximate surface area is 120 Å². The lowest BCUT2D eigenvalue weighted by atomic mass is 10.0. The van der Waals surface area contributed by atoms with Crippen LogP contribution >= 0.6 is 15.9 Å². The van der Waals surface area contributed by atoms with Crippen molar-refractivity contribution >= 4 is 15.9 Å². The van der Waals surface area contributed by atoms with Crippen molar-refractivity contribution in [3.63, 3.8) is 0 Å². The number of hydrogen-bond acceptors (Lipinski definition) is 4. The van der Waals surface area contributed by atoms with Gasteiger partial charge in [-0.2, -0.15) is 0 Å². The van der Waals surface area contributed by atoms with Gasteiger partial charge in [0.1, 0.15) is 12.2 Å². The zero-order chi connectivity index (χ0) is 13.2. The van der Waals surface area contributed by atoms with Gasteiger partial charge in [-0.3, -0.25) is 4.90 Å². The largest absolute Gasteiger partial charge is 0.329 e. The molecule has 0 aliphatic carbocycles. The molecule has 1 atom stereocenters. The van der Waals surface area contributed by atoms with Crippen molar-refractivity contribution in [2.75, 3.05) is 13.1 Å². The van der Waals surface area contributed by atoms with Crippen LogP contribution in [-0.2, 0) is 13.1 Å². The molecule has 0 bridgehead atoms. The molecule has 2 heterocycles. The molecule has 0 fully saturated rings. The first-order valence-electron chi connectivity index (χ1n) is 6.34. The molecule has 0 amide bonds. The highest BCUT2D eigenvalue weighted by atomic mass is 79.9. The van der Waals surface area contributed by atoms with Gasteiger partial charge in [0, 0.05) is 30.1 Å². The van der Waals surface area contributed by atoms with Crippen LogP contribution in [0.2, 0.25) is 0 Å². The van der Waals surface area contributed by atoms with Crippen LogP contribution in [0.5, 0.6) is 0 Å². The first-order valence-corrected chi connectivity index (χ1v) is 7.13. The molecule has 5 nitrogen and oxygen atoms in total. The molecule has 6 heteroatoms. The van der Waals surface area contributed by atoms with Crippen molar-refractivity contribution in [2.45, 2.75) is 19.1 Å². The molecule has 3 rings (SSSR count). The molecule has 1 aliphatic rings. The number of halogens is 1. The summed E-state index contributed by atoms with van der Waals surface area (Å²) in [5.74, 6) is 1.01.